The average Bonchev–Trinajstić information content (AvgIpc) is 2.65. The van der Waals surface area contributed by atoms with Crippen LogP contribution in [0, 0.1) is 13.8 Å². The lowest BCUT2D eigenvalue weighted by Crippen LogP contribution is -2.44. The summed E-state index contributed by atoms with van der Waals surface area (Å²) in [6.45, 7) is 5.95. The Kier molecular flexibility index (Phi) is 7.67. The normalized spacial score (nSPS) is 11.4. The minimum atomic E-state index is -0.243. The lowest BCUT2D eigenvalue weighted by atomic mass is 10.2. The van der Waals surface area contributed by atoms with Gasteiger partial charge in [0.05, 0.1) is 0 Å². The van der Waals surface area contributed by atoms with Gasteiger partial charge in [-0.1, -0.05) is 35.4 Å². The summed E-state index contributed by atoms with van der Waals surface area (Å²) < 4.78 is 10.8. The van der Waals surface area contributed by atoms with Crippen LogP contribution >= 0.6 is 0 Å². The SMILES string of the molecule is Cc1ccc(OCC(=O)NC[C@H](C)NC(=O)COc2ccc(C)cc2)cc1. The molecule has 1 atom stereocenters. The van der Waals surface area contributed by atoms with E-state index in [4.69, 9.17) is 9.47 Å². The number of rotatable bonds is 9. The highest BCUT2D eigenvalue weighted by atomic mass is 16.5. The van der Waals surface area contributed by atoms with Crippen molar-refractivity contribution in [3.8, 4) is 11.5 Å². The van der Waals surface area contributed by atoms with Crippen LogP contribution in [0.25, 0.3) is 0 Å². The van der Waals surface area contributed by atoms with Gasteiger partial charge in [0.1, 0.15) is 11.5 Å². The Morgan fingerprint density at radius 1 is 0.815 bits per heavy atom. The molecule has 0 saturated heterocycles. The fourth-order valence-corrected chi connectivity index (χ4v) is 2.25. The second-order valence-corrected chi connectivity index (χ2v) is 6.48. The molecule has 0 aliphatic carbocycles. The van der Waals surface area contributed by atoms with Gasteiger partial charge in [-0.25, -0.2) is 0 Å². The Bertz CT molecular complexity index is 742. The second-order valence-electron chi connectivity index (χ2n) is 6.48. The number of amides is 2. The number of carbonyl (C=O) groups excluding carboxylic acids is 2. The summed E-state index contributed by atoms with van der Waals surface area (Å²) in [6.07, 6.45) is 0. The summed E-state index contributed by atoms with van der Waals surface area (Å²) in [5.41, 5.74) is 2.25. The molecule has 2 N–H and O–H groups in total. The summed E-state index contributed by atoms with van der Waals surface area (Å²) in [7, 11) is 0. The van der Waals surface area contributed by atoms with Crippen LogP contribution in [-0.4, -0.2) is 37.6 Å². The molecule has 2 aromatic rings. The first-order chi connectivity index (χ1) is 12.9. The zero-order valence-corrected chi connectivity index (χ0v) is 16.0. The molecule has 144 valence electrons. The van der Waals surface area contributed by atoms with E-state index in [0.29, 0.717) is 18.0 Å². The zero-order valence-electron chi connectivity index (χ0n) is 16.0. The highest BCUT2D eigenvalue weighted by molar-refractivity contribution is 5.79. The van der Waals surface area contributed by atoms with Gasteiger partial charge < -0.3 is 20.1 Å². The van der Waals surface area contributed by atoms with Gasteiger partial charge in [0.2, 0.25) is 0 Å². The van der Waals surface area contributed by atoms with E-state index in [1.165, 1.54) is 0 Å². The van der Waals surface area contributed by atoms with Crippen LogP contribution in [-0.2, 0) is 9.59 Å². The molecule has 2 aromatic carbocycles. The molecule has 27 heavy (non-hydrogen) atoms. The van der Waals surface area contributed by atoms with Gasteiger partial charge >= 0.3 is 0 Å². The van der Waals surface area contributed by atoms with Crippen molar-refractivity contribution in [1.82, 2.24) is 10.6 Å². The van der Waals surface area contributed by atoms with Crippen molar-refractivity contribution in [3.05, 3.63) is 59.7 Å². The van der Waals surface area contributed by atoms with Gasteiger partial charge in [0, 0.05) is 12.6 Å². The van der Waals surface area contributed by atoms with E-state index in [-0.39, 0.29) is 31.1 Å². The van der Waals surface area contributed by atoms with Gasteiger partial charge in [-0.05, 0) is 45.0 Å². The van der Waals surface area contributed by atoms with Crippen molar-refractivity contribution in [2.75, 3.05) is 19.8 Å². The third kappa shape index (κ3) is 7.81. The van der Waals surface area contributed by atoms with Crippen molar-refractivity contribution in [2.24, 2.45) is 0 Å². The van der Waals surface area contributed by atoms with E-state index in [1.54, 1.807) is 0 Å². The van der Waals surface area contributed by atoms with Crippen molar-refractivity contribution >= 4 is 11.8 Å². The summed E-state index contributed by atoms with van der Waals surface area (Å²) in [5.74, 6) is 0.802. The van der Waals surface area contributed by atoms with Gasteiger partial charge in [0.25, 0.3) is 11.8 Å². The second kappa shape index (κ2) is 10.2. The lowest BCUT2D eigenvalue weighted by molar-refractivity contribution is -0.125. The van der Waals surface area contributed by atoms with Gasteiger partial charge in [-0.3, -0.25) is 9.59 Å². The number of hydrogen-bond donors (Lipinski definition) is 2. The van der Waals surface area contributed by atoms with E-state index in [1.807, 2.05) is 69.3 Å². The molecule has 0 heterocycles. The molecule has 6 heteroatoms. The van der Waals surface area contributed by atoms with Crippen LogP contribution in [0.1, 0.15) is 18.1 Å². The van der Waals surface area contributed by atoms with Crippen LogP contribution in [0.5, 0.6) is 11.5 Å². The molecule has 0 unspecified atom stereocenters. The molecule has 2 amide bonds. The lowest BCUT2D eigenvalue weighted by Gasteiger charge is -2.15. The van der Waals surface area contributed by atoms with E-state index >= 15 is 0 Å². The standard InChI is InChI=1S/C21H26N2O4/c1-15-4-8-18(9-5-15)26-13-20(24)22-12-17(3)23-21(25)14-27-19-10-6-16(2)7-11-19/h4-11,17H,12-14H2,1-3H3,(H,22,24)(H,23,25)/t17-/m0/s1. The quantitative estimate of drug-likeness (QED) is 0.711. The van der Waals surface area contributed by atoms with Crippen LogP contribution in [0.4, 0.5) is 0 Å². The first kappa shape index (κ1) is 20.3. The van der Waals surface area contributed by atoms with E-state index in [2.05, 4.69) is 10.6 Å². The fraction of sp³-hybridized carbons (Fsp3) is 0.333. The number of benzene rings is 2. The Hall–Kier alpha value is -3.02. The van der Waals surface area contributed by atoms with Crippen molar-refractivity contribution < 1.29 is 19.1 Å². The molecule has 0 spiro atoms. The third-order valence-electron chi connectivity index (χ3n) is 3.79. The molecular weight excluding hydrogens is 344 g/mol. The highest BCUT2D eigenvalue weighted by Crippen LogP contribution is 2.11. The molecule has 6 nitrogen and oxygen atoms in total. The number of ether oxygens (including phenoxy) is 2. The molecule has 0 radical (unpaired) electrons. The Labute approximate surface area is 159 Å². The summed E-state index contributed by atoms with van der Waals surface area (Å²) in [6, 6.07) is 14.7. The monoisotopic (exact) mass is 370 g/mol. The first-order valence-electron chi connectivity index (χ1n) is 8.87. The van der Waals surface area contributed by atoms with E-state index in [9.17, 15) is 9.59 Å². The fourth-order valence-electron chi connectivity index (χ4n) is 2.25. The van der Waals surface area contributed by atoms with Crippen LogP contribution in [0.2, 0.25) is 0 Å². The Morgan fingerprint density at radius 3 is 1.74 bits per heavy atom. The Morgan fingerprint density at radius 2 is 1.26 bits per heavy atom. The van der Waals surface area contributed by atoms with Crippen molar-refractivity contribution in [2.45, 2.75) is 26.8 Å². The zero-order chi connectivity index (χ0) is 19.6. The van der Waals surface area contributed by atoms with E-state index in [0.717, 1.165) is 11.1 Å². The maximum atomic E-state index is 11.9. The maximum absolute atomic E-state index is 11.9. The topological polar surface area (TPSA) is 76.7 Å². The predicted molar refractivity (Wildman–Crippen MR) is 104 cm³/mol. The minimum Gasteiger partial charge on any atom is -0.484 e. The third-order valence-corrected chi connectivity index (χ3v) is 3.79. The van der Waals surface area contributed by atoms with Crippen LogP contribution in [0.15, 0.2) is 48.5 Å². The molecule has 0 aromatic heterocycles. The summed E-state index contributed by atoms with van der Waals surface area (Å²) in [5, 5.41) is 5.51. The highest BCUT2D eigenvalue weighted by Gasteiger charge is 2.10. The van der Waals surface area contributed by atoms with Gasteiger partial charge in [-0.2, -0.15) is 0 Å². The summed E-state index contributed by atoms with van der Waals surface area (Å²) >= 11 is 0. The van der Waals surface area contributed by atoms with Crippen molar-refractivity contribution in [1.29, 1.82) is 0 Å². The molecule has 0 saturated carbocycles. The number of nitrogens with one attached hydrogen (secondary N) is 2. The largest absolute Gasteiger partial charge is 0.484 e. The number of hydrogen-bond acceptors (Lipinski definition) is 4. The number of carbonyl (C=O) groups is 2. The molecule has 0 fully saturated rings. The molecular formula is C21H26N2O4. The minimum absolute atomic E-state index is 0.0692. The molecule has 0 aliphatic rings. The molecule has 2 rings (SSSR count). The average molecular weight is 370 g/mol. The molecule has 0 aliphatic heterocycles. The number of aryl methyl sites for hydroxylation is 2. The van der Waals surface area contributed by atoms with Crippen molar-refractivity contribution in [3.63, 3.8) is 0 Å². The first-order valence-corrected chi connectivity index (χ1v) is 8.87. The van der Waals surface area contributed by atoms with Gasteiger partial charge in [-0.15, -0.1) is 0 Å². The predicted octanol–water partition coefficient (Wildman–Crippen LogP) is 2.38. The Balaban J connectivity index is 1.62. The smallest absolute Gasteiger partial charge is 0.258 e. The summed E-state index contributed by atoms with van der Waals surface area (Å²) in [4.78, 5) is 23.7. The van der Waals surface area contributed by atoms with Crippen LogP contribution in [0.3, 0.4) is 0 Å². The van der Waals surface area contributed by atoms with E-state index < -0.39 is 0 Å². The van der Waals surface area contributed by atoms with Gasteiger partial charge in [0.15, 0.2) is 13.2 Å². The molecule has 0 bridgehead atoms. The van der Waals surface area contributed by atoms with Crippen LogP contribution < -0.4 is 20.1 Å². The maximum Gasteiger partial charge on any atom is 0.258 e.